The standard InChI is InChI=1S/C13H12N2O2/c1-16-13-6-2-4-10-9-14-12(15(10)13)8-11-5-3-7-17-11/h2-7,9H,8H2,1H3. The minimum Gasteiger partial charge on any atom is -0.482 e. The molecule has 3 aromatic rings. The number of aromatic nitrogens is 2. The summed E-state index contributed by atoms with van der Waals surface area (Å²) < 4.78 is 12.7. The van der Waals surface area contributed by atoms with Crippen molar-refractivity contribution in [3.05, 3.63) is 54.4 Å². The van der Waals surface area contributed by atoms with Crippen molar-refractivity contribution in [1.29, 1.82) is 0 Å². The summed E-state index contributed by atoms with van der Waals surface area (Å²) in [4.78, 5) is 4.40. The maximum Gasteiger partial charge on any atom is 0.199 e. The van der Waals surface area contributed by atoms with Crippen LogP contribution < -0.4 is 4.74 Å². The molecule has 0 aliphatic rings. The first-order valence-electron chi connectivity index (χ1n) is 5.40. The Morgan fingerprint density at radius 2 is 2.24 bits per heavy atom. The lowest BCUT2D eigenvalue weighted by molar-refractivity contribution is 0.390. The van der Waals surface area contributed by atoms with Gasteiger partial charge in [0.25, 0.3) is 0 Å². The van der Waals surface area contributed by atoms with E-state index in [0.29, 0.717) is 6.42 Å². The van der Waals surface area contributed by atoms with Crippen LogP contribution in [0.25, 0.3) is 5.52 Å². The van der Waals surface area contributed by atoms with Crippen LogP contribution in [-0.2, 0) is 6.42 Å². The summed E-state index contributed by atoms with van der Waals surface area (Å²) in [5, 5.41) is 0. The molecule has 0 saturated carbocycles. The van der Waals surface area contributed by atoms with Gasteiger partial charge < -0.3 is 9.15 Å². The minimum atomic E-state index is 0.654. The zero-order chi connectivity index (χ0) is 11.7. The molecule has 86 valence electrons. The molecule has 0 atom stereocenters. The number of nitrogens with zero attached hydrogens (tertiary/aromatic N) is 2. The van der Waals surface area contributed by atoms with Gasteiger partial charge in [0.15, 0.2) is 5.88 Å². The van der Waals surface area contributed by atoms with Crippen LogP contribution in [0, 0.1) is 0 Å². The molecule has 4 nitrogen and oxygen atoms in total. The van der Waals surface area contributed by atoms with E-state index in [1.807, 2.05) is 40.9 Å². The summed E-state index contributed by atoms with van der Waals surface area (Å²) in [7, 11) is 1.66. The lowest BCUT2D eigenvalue weighted by Gasteiger charge is -2.06. The third kappa shape index (κ3) is 1.67. The Morgan fingerprint density at radius 3 is 3.00 bits per heavy atom. The lowest BCUT2D eigenvalue weighted by Crippen LogP contribution is -1.99. The van der Waals surface area contributed by atoms with Crippen LogP contribution in [0.1, 0.15) is 11.6 Å². The van der Waals surface area contributed by atoms with Crippen LogP contribution in [0.2, 0.25) is 0 Å². The predicted octanol–water partition coefficient (Wildman–Crippen LogP) is 2.53. The van der Waals surface area contributed by atoms with Gasteiger partial charge in [-0.25, -0.2) is 4.98 Å². The van der Waals surface area contributed by atoms with E-state index in [4.69, 9.17) is 9.15 Å². The van der Waals surface area contributed by atoms with Crippen molar-refractivity contribution < 1.29 is 9.15 Å². The number of rotatable bonds is 3. The molecule has 0 aliphatic carbocycles. The molecule has 0 N–H and O–H groups in total. The van der Waals surface area contributed by atoms with E-state index < -0.39 is 0 Å². The summed E-state index contributed by atoms with van der Waals surface area (Å²) >= 11 is 0. The second kappa shape index (κ2) is 3.97. The maximum absolute atomic E-state index is 5.34. The average molecular weight is 228 g/mol. The van der Waals surface area contributed by atoms with Gasteiger partial charge in [0, 0.05) is 0 Å². The Labute approximate surface area is 98.5 Å². The summed E-state index contributed by atoms with van der Waals surface area (Å²) in [6.45, 7) is 0. The molecule has 0 fully saturated rings. The Balaban J connectivity index is 2.10. The zero-order valence-corrected chi connectivity index (χ0v) is 9.46. The number of ether oxygens (including phenoxy) is 1. The number of pyridine rings is 1. The third-order valence-electron chi connectivity index (χ3n) is 2.71. The molecule has 4 heteroatoms. The van der Waals surface area contributed by atoms with Crippen LogP contribution in [0.5, 0.6) is 5.88 Å². The minimum absolute atomic E-state index is 0.654. The van der Waals surface area contributed by atoms with Gasteiger partial charge in [0.2, 0.25) is 0 Å². The molecular weight excluding hydrogens is 216 g/mol. The molecule has 0 saturated heterocycles. The SMILES string of the molecule is COc1cccc2cnc(Cc3ccco3)n12. The Bertz CT molecular complexity index is 626. The normalized spacial score (nSPS) is 10.9. The quantitative estimate of drug-likeness (QED) is 0.691. The van der Waals surface area contributed by atoms with E-state index in [1.54, 1.807) is 13.4 Å². The van der Waals surface area contributed by atoms with Crippen molar-refractivity contribution in [3.63, 3.8) is 0 Å². The van der Waals surface area contributed by atoms with Crippen LogP contribution in [-0.4, -0.2) is 16.5 Å². The Kier molecular flexibility index (Phi) is 2.33. The number of fused-ring (bicyclic) bond motifs is 1. The van der Waals surface area contributed by atoms with Crippen molar-refractivity contribution in [2.24, 2.45) is 0 Å². The lowest BCUT2D eigenvalue weighted by atomic mass is 10.3. The number of methoxy groups -OCH3 is 1. The van der Waals surface area contributed by atoms with E-state index in [2.05, 4.69) is 4.98 Å². The highest BCUT2D eigenvalue weighted by atomic mass is 16.5. The summed E-state index contributed by atoms with van der Waals surface area (Å²) in [5.41, 5.74) is 1.02. The fraction of sp³-hybridized carbons (Fsp3) is 0.154. The van der Waals surface area contributed by atoms with Gasteiger partial charge in [0.1, 0.15) is 11.6 Å². The molecule has 17 heavy (non-hydrogen) atoms. The molecule has 0 bridgehead atoms. The molecule has 0 spiro atoms. The molecule has 3 heterocycles. The second-order valence-electron chi connectivity index (χ2n) is 3.76. The molecule has 0 aromatic carbocycles. The molecule has 3 aromatic heterocycles. The number of hydrogen-bond donors (Lipinski definition) is 0. The van der Waals surface area contributed by atoms with Crippen LogP contribution in [0.4, 0.5) is 0 Å². The number of imidazole rings is 1. The summed E-state index contributed by atoms with van der Waals surface area (Å²) in [6.07, 6.45) is 4.16. The van der Waals surface area contributed by atoms with E-state index >= 15 is 0 Å². The largest absolute Gasteiger partial charge is 0.482 e. The molecule has 0 aliphatic heterocycles. The van der Waals surface area contributed by atoms with Gasteiger partial charge >= 0.3 is 0 Å². The monoisotopic (exact) mass is 228 g/mol. The molecular formula is C13H12N2O2. The van der Waals surface area contributed by atoms with Gasteiger partial charge in [0.05, 0.1) is 31.5 Å². The van der Waals surface area contributed by atoms with Crippen molar-refractivity contribution in [2.75, 3.05) is 7.11 Å². The van der Waals surface area contributed by atoms with Crippen LogP contribution in [0.15, 0.2) is 47.2 Å². The van der Waals surface area contributed by atoms with E-state index in [0.717, 1.165) is 23.0 Å². The van der Waals surface area contributed by atoms with Gasteiger partial charge in [-0.1, -0.05) is 6.07 Å². The molecule has 0 unspecified atom stereocenters. The number of hydrogen-bond acceptors (Lipinski definition) is 3. The fourth-order valence-corrected chi connectivity index (χ4v) is 1.93. The molecule has 3 rings (SSSR count). The maximum atomic E-state index is 5.34. The highest BCUT2D eigenvalue weighted by molar-refractivity contribution is 5.49. The topological polar surface area (TPSA) is 39.7 Å². The highest BCUT2D eigenvalue weighted by Crippen LogP contribution is 2.19. The van der Waals surface area contributed by atoms with E-state index in [-0.39, 0.29) is 0 Å². The first-order valence-corrected chi connectivity index (χ1v) is 5.40. The van der Waals surface area contributed by atoms with Crippen LogP contribution in [0.3, 0.4) is 0 Å². The van der Waals surface area contributed by atoms with Gasteiger partial charge in [-0.05, 0) is 24.3 Å². The molecule has 0 amide bonds. The first kappa shape index (κ1) is 9.96. The first-order chi connectivity index (χ1) is 8.38. The second-order valence-corrected chi connectivity index (χ2v) is 3.76. The predicted molar refractivity (Wildman–Crippen MR) is 63.3 cm³/mol. The van der Waals surface area contributed by atoms with Crippen LogP contribution >= 0.6 is 0 Å². The van der Waals surface area contributed by atoms with E-state index in [9.17, 15) is 0 Å². The van der Waals surface area contributed by atoms with Gasteiger partial charge in [-0.2, -0.15) is 0 Å². The Hall–Kier alpha value is -2.23. The van der Waals surface area contributed by atoms with Crippen molar-refractivity contribution in [1.82, 2.24) is 9.38 Å². The van der Waals surface area contributed by atoms with Crippen molar-refractivity contribution in [3.8, 4) is 5.88 Å². The zero-order valence-electron chi connectivity index (χ0n) is 9.46. The average Bonchev–Trinajstić information content (AvgIpc) is 2.99. The highest BCUT2D eigenvalue weighted by Gasteiger charge is 2.09. The summed E-state index contributed by atoms with van der Waals surface area (Å²) in [5.74, 6) is 2.58. The fourth-order valence-electron chi connectivity index (χ4n) is 1.93. The number of furan rings is 1. The summed E-state index contributed by atoms with van der Waals surface area (Å²) in [6, 6.07) is 9.69. The third-order valence-corrected chi connectivity index (χ3v) is 2.71. The van der Waals surface area contributed by atoms with E-state index in [1.165, 1.54) is 0 Å². The molecule has 0 radical (unpaired) electrons. The van der Waals surface area contributed by atoms with Gasteiger partial charge in [-0.15, -0.1) is 0 Å². The van der Waals surface area contributed by atoms with Gasteiger partial charge in [-0.3, -0.25) is 4.40 Å². The van der Waals surface area contributed by atoms with Crippen molar-refractivity contribution in [2.45, 2.75) is 6.42 Å². The van der Waals surface area contributed by atoms with Crippen molar-refractivity contribution >= 4 is 5.52 Å². The smallest absolute Gasteiger partial charge is 0.199 e. The Morgan fingerprint density at radius 1 is 1.29 bits per heavy atom.